The summed E-state index contributed by atoms with van der Waals surface area (Å²) in [5, 5.41) is 0. The van der Waals surface area contributed by atoms with Gasteiger partial charge in [0.2, 0.25) is 11.8 Å². The summed E-state index contributed by atoms with van der Waals surface area (Å²) in [6.45, 7) is 3.60. The first-order valence-corrected chi connectivity index (χ1v) is 6.51. The van der Waals surface area contributed by atoms with Crippen molar-refractivity contribution in [2.24, 2.45) is 11.8 Å². The quantitative estimate of drug-likeness (QED) is 0.454. The van der Waals surface area contributed by atoms with Crippen LogP contribution in [0.15, 0.2) is 12.2 Å². The summed E-state index contributed by atoms with van der Waals surface area (Å²) in [6.07, 6.45) is 4.98. The maximum Gasteiger partial charge on any atom is 0.266 e. The number of nitrogens with zero attached hydrogens (tertiary/aromatic N) is 1. The number of allylic oxidation sites excluding steroid dienone is 2. The summed E-state index contributed by atoms with van der Waals surface area (Å²) in [5.74, 6) is -1.59. The Bertz CT molecular complexity index is 406. The van der Waals surface area contributed by atoms with E-state index in [9.17, 15) is 14.4 Å². The van der Waals surface area contributed by atoms with Crippen LogP contribution in [0.5, 0.6) is 0 Å². The van der Waals surface area contributed by atoms with E-state index >= 15 is 0 Å². The van der Waals surface area contributed by atoms with E-state index in [1.165, 1.54) is 6.92 Å². The van der Waals surface area contributed by atoms with Crippen LogP contribution in [0.25, 0.3) is 0 Å². The van der Waals surface area contributed by atoms with E-state index in [0.717, 1.165) is 4.90 Å². The lowest BCUT2D eigenvalue weighted by molar-refractivity contribution is -0.151. The molecular formula is C13H18N2O4. The number of amides is 3. The Labute approximate surface area is 111 Å². The molecule has 1 N–H and O–H groups in total. The molecule has 2 rings (SSSR count). The van der Waals surface area contributed by atoms with Gasteiger partial charge in [0.05, 0.1) is 18.4 Å². The van der Waals surface area contributed by atoms with E-state index in [1.54, 1.807) is 6.92 Å². The molecule has 0 saturated carbocycles. The lowest BCUT2D eigenvalue weighted by Crippen LogP contribution is -2.48. The molecule has 0 bridgehead atoms. The van der Waals surface area contributed by atoms with Crippen molar-refractivity contribution in [2.45, 2.75) is 32.7 Å². The molecule has 1 fully saturated rings. The predicted molar refractivity (Wildman–Crippen MR) is 66.4 cm³/mol. The number of carbonyl (C=O) groups excluding carboxylic acids is 3. The number of hydrogen-bond donors (Lipinski definition) is 1. The number of carbonyl (C=O) groups is 3. The van der Waals surface area contributed by atoms with Crippen molar-refractivity contribution in [3.8, 4) is 0 Å². The van der Waals surface area contributed by atoms with E-state index < -0.39 is 11.9 Å². The van der Waals surface area contributed by atoms with Gasteiger partial charge in [0, 0.05) is 0 Å². The average Bonchev–Trinajstić information content (AvgIpc) is 2.68. The fraction of sp³-hybridized carbons (Fsp3) is 0.615. The zero-order chi connectivity index (χ0) is 14.0. The number of hydrogen-bond acceptors (Lipinski definition) is 4. The van der Waals surface area contributed by atoms with Gasteiger partial charge in [0.1, 0.15) is 6.04 Å². The number of nitrogens with one attached hydrogen (secondary N) is 1. The molecule has 1 aliphatic carbocycles. The summed E-state index contributed by atoms with van der Waals surface area (Å²) in [7, 11) is 0. The molecule has 3 amide bonds. The minimum Gasteiger partial charge on any atom is -0.274 e. The molecule has 0 radical (unpaired) electrons. The number of likely N-dealkylation sites (tertiary alicyclic amines) is 1. The molecule has 0 aromatic heterocycles. The highest BCUT2D eigenvalue weighted by atomic mass is 16.6. The number of rotatable bonds is 4. The van der Waals surface area contributed by atoms with Crippen LogP contribution < -0.4 is 5.48 Å². The van der Waals surface area contributed by atoms with Crippen molar-refractivity contribution >= 4 is 17.7 Å². The minimum absolute atomic E-state index is 0.251. The monoisotopic (exact) mass is 266 g/mol. The van der Waals surface area contributed by atoms with Crippen molar-refractivity contribution in [3.05, 3.63) is 12.2 Å². The molecule has 6 heteroatoms. The molecule has 0 aromatic rings. The second-order valence-electron chi connectivity index (χ2n) is 4.78. The number of hydroxylamine groups is 1. The van der Waals surface area contributed by atoms with Gasteiger partial charge < -0.3 is 0 Å². The molecule has 19 heavy (non-hydrogen) atoms. The van der Waals surface area contributed by atoms with Crippen LogP contribution in [0.4, 0.5) is 0 Å². The van der Waals surface area contributed by atoms with E-state index in [1.807, 2.05) is 12.2 Å². The summed E-state index contributed by atoms with van der Waals surface area (Å²) in [6, 6.07) is -0.836. The van der Waals surface area contributed by atoms with Crippen molar-refractivity contribution in [1.82, 2.24) is 10.4 Å². The Kier molecular flexibility index (Phi) is 3.99. The van der Waals surface area contributed by atoms with Gasteiger partial charge in [0.25, 0.3) is 5.91 Å². The second kappa shape index (κ2) is 5.52. The molecule has 0 aromatic carbocycles. The standard InChI is InChI=1S/C13H18N2O4/c1-3-19-14-11(16)8(2)15-12(17)9-6-4-5-7-10(9)13(15)18/h4-5,8-10H,3,6-7H2,1-2H3,(H,14,16)/t8-,9-,10+/m0/s1. The molecule has 1 aliphatic heterocycles. The predicted octanol–water partition coefficient (Wildman–Crippen LogP) is 0.394. The van der Waals surface area contributed by atoms with Gasteiger partial charge in [-0.15, -0.1) is 0 Å². The van der Waals surface area contributed by atoms with Gasteiger partial charge in [-0.25, -0.2) is 5.48 Å². The zero-order valence-electron chi connectivity index (χ0n) is 11.1. The van der Waals surface area contributed by atoms with Crippen LogP contribution in [-0.4, -0.2) is 35.3 Å². The van der Waals surface area contributed by atoms with Gasteiger partial charge in [-0.05, 0) is 26.7 Å². The topological polar surface area (TPSA) is 75.7 Å². The van der Waals surface area contributed by atoms with Gasteiger partial charge in [0.15, 0.2) is 0 Å². The van der Waals surface area contributed by atoms with Crippen LogP contribution in [0.1, 0.15) is 26.7 Å². The van der Waals surface area contributed by atoms with E-state index in [4.69, 9.17) is 4.84 Å². The number of imide groups is 1. The first-order chi connectivity index (χ1) is 9.07. The molecule has 3 atom stereocenters. The SMILES string of the molecule is CCONC(=O)[C@H](C)N1C(=O)[C@H]2CC=CC[C@H]2C1=O. The van der Waals surface area contributed by atoms with Gasteiger partial charge >= 0.3 is 0 Å². The van der Waals surface area contributed by atoms with Crippen LogP contribution >= 0.6 is 0 Å². The van der Waals surface area contributed by atoms with Crippen molar-refractivity contribution in [1.29, 1.82) is 0 Å². The van der Waals surface area contributed by atoms with Crippen LogP contribution in [0.3, 0.4) is 0 Å². The highest BCUT2D eigenvalue weighted by molar-refractivity contribution is 6.08. The summed E-state index contributed by atoms with van der Waals surface area (Å²) < 4.78 is 0. The largest absolute Gasteiger partial charge is 0.274 e. The van der Waals surface area contributed by atoms with Crippen molar-refractivity contribution in [2.75, 3.05) is 6.61 Å². The molecule has 0 unspecified atom stereocenters. The minimum atomic E-state index is -0.836. The third-order valence-corrected chi connectivity index (χ3v) is 3.63. The number of fused-ring (bicyclic) bond motifs is 1. The lowest BCUT2D eigenvalue weighted by atomic mass is 9.85. The fourth-order valence-electron chi connectivity index (χ4n) is 2.55. The summed E-state index contributed by atoms with van der Waals surface area (Å²) in [4.78, 5) is 42.1. The fourth-order valence-corrected chi connectivity index (χ4v) is 2.55. The molecule has 1 saturated heterocycles. The van der Waals surface area contributed by atoms with Crippen LogP contribution in [-0.2, 0) is 19.2 Å². The maximum atomic E-state index is 12.2. The van der Waals surface area contributed by atoms with Gasteiger partial charge in [-0.2, -0.15) is 0 Å². The molecule has 1 heterocycles. The highest BCUT2D eigenvalue weighted by Gasteiger charge is 2.50. The van der Waals surface area contributed by atoms with E-state index in [-0.39, 0.29) is 23.7 Å². The Morgan fingerprint density at radius 3 is 2.37 bits per heavy atom. The second-order valence-corrected chi connectivity index (χ2v) is 4.78. The highest BCUT2D eigenvalue weighted by Crippen LogP contribution is 2.35. The Morgan fingerprint density at radius 1 is 1.37 bits per heavy atom. The smallest absolute Gasteiger partial charge is 0.266 e. The zero-order valence-corrected chi connectivity index (χ0v) is 11.1. The first kappa shape index (κ1) is 13.7. The molecule has 104 valence electrons. The molecule has 6 nitrogen and oxygen atoms in total. The first-order valence-electron chi connectivity index (χ1n) is 6.51. The Hall–Kier alpha value is -1.69. The van der Waals surface area contributed by atoms with Crippen LogP contribution in [0, 0.1) is 11.8 Å². The molecular weight excluding hydrogens is 248 g/mol. The third-order valence-electron chi connectivity index (χ3n) is 3.63. The molecule has 0 spiro atoms. The maximum absolute atomic E-state index is 12.2. The van der Waals surface area contributed by atoms with Crippen LogP contribution in [0.2, 0.25) is 0 Å². The van der Waals surface area contributed by atoms with E-state index in [2.05, 4.69) is 5.48 Å². The third kappa shape index (κ3) is 2.40. The average molecular weight is 266 g/mol. The van der Waals surface area contributed by atoms with Gasteiger partial charge in [-0.1, -0.05) is 12.2 Å². The Balaban J connectivity index is 2.10. The van der Waals surface area contributed by atoms with Gasteiger partial charge in [-0.3, -0.25) is 24.1 Å². The van der Waals surface area contributed by atoms with E-state index in [0.29, 0.717) is 19.4 Å². The summed E-state index contributed by atoms with van der Waals surface area (Å²) in [5.41, 5.74) is 2.23. The molecule has 2 aliphatic rings. The summed E-state index contributed by atoms with van der Waals surface area (Å²) >= 11 is 0. The Morgan fingerprint density at radius 2 is 1.89 bits per heavy atom. The van der Waals surface area contributed by atoms with Crippen molar-refractivity contribution in [3.63, 3.8) is 0 Å². The normalized spacial score (nSPS) is 27.4. The van der Waals surface area contributed by atoms with Crippen molar-refractivity contribution < 1.29 is 19.2 Å². The lowest BCUT2D eigenvalue weighted by Gasteiger charge is -2.21.